The second-order valence-electron chi connectivity index (χ2n) is 5.58. The molecule has 18 heavy (non-hydrogen) atoms. The highest BCUT2D eigenvalue weighted by atomic mass is 16.5. The van der Waals surface area contributed by atoms with Gasteiger partial charge in [0.15, 0.2) is 5.82 Å². The Morgan fingerprint density at radius 2 is 2.28 bits per heavy atom. The van der Waals surface area contributed by atoms with Gasteiger partial charge < -0.3 is 9.84 Å². The molecule has 0 amide bonds. The first-order valence-electron chi connectivity index (χ1n) is 7.22. The summed E-state index contributed by atoms with van der Waals surface area (Å²) in [6.45, 7) is 4.40. The standard InChI is InChI=1S/C14H25N3O/c1-4-11-6-5-7-12(9-11)14-16-13(18-17-14)8-10(2)15-3/h10-12,15H,4-9H2,1-3H3. The number of nitrogens with zero attached hydrogens (tertiary/aromatic N) is 2. The topological polar surface area (TPSA) is 51.0 Å². The van der Waals surface area contributed by atoms with Gasteiger partial charge in [-0.15, -0.1) is 0 Å². The fourth-order valence-electron chi connectivity index (χ4n) is 2.78. The number of aromatic nitrogens is 2. The minimum absolute atomic E-state index is 0.382. The van der Waals surface area contributed by atoms with Gasteiger partial charge in [0.25, 0.3) is 0 Å². The molecule has 102 valence electrons. The molecule has 0 radical (unpaired) electrons. The van der Waals surface area contributed by atoms with E-state index in [1.165, 1.54) is 32.1 Å². The number of nitrogens with one attached hydrogen (secondary N) is 1. The summed E-state index contributed by atoms with van der Waals surface area (Å²) in [6, 6.07) is 0.382. The van der Waals surface area contributed by atoms with Crippen molar-refractivity contribution in [1.82, 2.24) is 15.5 Å². The van der Waals surface area contributed by atoms with Crippen LogP contribution in [0.5, 0.6) is 0 Å². The number of hydrogen-bond donors (Lipinski definition) is 1. The van der Waals surface area contributed by atoms with Crippen molar-refractivity contribution in [3.8, 4) is 0 Å². The third-order valence-electron chi connectivity index (χ3n) is 4.18. The molecule has 1 aliphatic rings. The predicted molar refractivity (Wildman–Crippen MR) is 71.5 cm³/mol. The van der Waals surface area contributed by atoms with Crippen LogP contribution in [0.15, 0.2) is 4.52 Å². The van der Waals surface area contributed by atoms with E-state index in [1.807, 2.05) is 7.05 Å². The van der Waals surface area contributed by atoms with Crippen molar-refractivity contribution in [3.05, 3.63) is 11.7 Å². The SMILES string of the molecule is CCC1CCCC(c2noc(CC(C)NC)n2)C1. The third kappa shape index (κ3) is 3.31. The van der Waals surface area contributed by atoms with Crippen LogP contribution in [-0.2, 0) is 6.42 Å². The Balaban J connectivity index is 1.96. The lowest BCUT2D eigenvalue weighted by atomic mass is 9.80. The second-order valence-corrected chi connectivity index (χ2v) is 5.58. The Labute approximate surface area is 110 Å². The normalized spacial score (nSPS) is 26.2. The van der Waals surface area contributed by atoms with E-state index in [0.29, 0.717) is 12.0 Å². The van der Waals surface area contributed by atoms with E-state index in [1.54, 1.807) is 0 Å². The first-order valence-corrected chi connectivity index (χ1v) is 7.22. The molecule has 1 aliphatic carbocycles. The molecule has 0 saturated heterocycles. The third-order valence-corrected chi connectivity index (χ3v) is 4.18. The molecule has 1 fully saturated rings. The van der Waals surface area contributed by atoms with Crippen LogP contribution in [0.4, 0.5) is 0 Å². The zero-order valence-corrected chi connectivity index (χ0v) is 11.8. The van der Waals surface area contributed by atoms with Crippen LogP contribution in [0.25, 0.3) is 0 Å². The molecule has 0 bridgehead atoms. The maximum atomic E-state index is 5.36. The lowest BCUT2D eigenvalue weighted by Gasteiger charge is -2.26. The first-order chi connectivity index (χ1) is 8.72. The number of hydrogen-bond acceptors (Lipinski definition) is 4. The predicted octanol–water partition coefficient (Wildman–Crippen LogP) is 2.90. The zero-order chi connectivity index (χ0) is 13.0. The average Bonchev–Trinajstić information content (AvgIpc) is 2.87. The lowest BCUT2D eigenvalue weighted by molar-refractivity contribution is 0.297. The van der Waals surface area contributed by atoms with Crippen molar-refractivity contribution in [2.24, 2.45) is 5.92 Å². The fourth-order valence-corrected chi connectivity index (χ4v) is 2.78. The smallest absolute Gasteiger partial charge is 0.228 e. The van der Waals surface area contributed by atoms with Crippen molar-refractivity contribution >= 4 is 0 Å². The Hall–Kier alpha value is -0.900. The summed E-state index contributed by atoms with van der Waals surface area (Å²) in [5, 5.41) is 7.37. The van der Waals surface area contributed by atoms with E-state index >= 15 is 0 Å². The summed E-state index contributed by atoms with van der Waals surface area (Å²) in [5.74, 6) is 3.07. The highest BCUT2D eigenvalue weighted by Crippen LogP contribution is 2.36. The maximum Gasteiger partial charge on any atom is 0.228 e. The Morgan fingerprint density at radius 3 is 3.00 bits per heavy atom. The summed E-state index contributed by atoms with van der Waals surface area (Å²) in [7, 11) is 1.95. The largest absolute Gasteiger partial charge is 0.339 e. The van der Waals surface area contributed by atoms with E-state index in [2.05, 4.69) is 29.3 Å². The molecule has 1 N–H and O–H groups in total. The van der Waals surface area contributed by atoms with Gasteiger partial charge in [-0.2, -0.15) is 4.98 Å². The van der Waals surface area contributed by atoms with Gasteiger partial charge in [0.2, 0.25) is 5.89 Å². The molecule has 1 aromatic rings. The molecule has 0 aliphatic heterocycles. The van der Waals surface area contributed by atoms with Gasteiger partial charge in [0.1, 0.15) is 0 Å². The van der Waals surface area contributed by atoms with Crippen molar-refractivity contribution < 1.29 is 4.52 Å². The van der Waals surface area contributed by atoms with Crippen LogP contribution in [0, 0.1) is 5.92 Å². The molecule has 0 aromatic carbocycles. The van der Waals surface area contributed by atoms with Crippen molar-refractivity contribution in [2.75, 3.05) is 7.05 Å². The molecule has 1 saturated carbocycles. The monoisotopic (exact) mass is 251 g/mol. The van der Waals surface area contributed by atoms with Crippen LogP contribution in [-0.4, -0.2) is 23.2 Å². The van der Waals surface area contributed by atoms with Gasteiger partial charge in [0, 0.05) is 18.4 Å². The molecule has 4 heteroatoms. The molecule has 1 aromatic heterocycles. The van der Waals surface area contributed by atoms with Crippen molar-refractivity contribution in [1.29, 1.82) is 0 Å². The van der Waals surface area contributed by atoms with Gasteiger partial charge in [0.05, 0.1) is 0 Å². The molecule has 4 nitrogen and oxygen atoms in total. The quantitative estimate of drug-likeness (QED) is 0.874. The summed E-state index contributed by atoms with van der Waals surface area (Å²) < 4.78 is 5.36. The van der Waals surface area contributed by atoms with Crippen LogP contribution in [0.1, 0.15) is 63.6 Å². The van der Waals surface area contributed by atoms with Crippen LogP contribution in [0.2, 0.25) is 0 Å². The Kier molecular flexibility index (Phi) is 4.75. The molecule has 3 atom stereocenters. The maximum absolute atomic E-state index is 5.36. The van der Waals surface area contributed by atoms with Crippen LogP contribution >= 0.6 is 0 Å². The Bertz CT molecular complexity index is 364. The van der Waals surface area contributed by atoms with Crippen molar-refractivity contribution in [3.63, 3.8) is 0 Å². The highest BCUT2D eigenvalue weighted by molar-refractivity contribution is 4.98. The van der Waals surface area contributed by atoms with Gasteiger partial charge in [-0.05, 0) is 32.7 Å². The van der Waals surface area contributed by atoms with E-state index in [9.17, 15) is 0 Å². The van der Waals surface area contributed by atoms with Gasteiger partial charge in [-0.25, -0.2) is 0 Å². The van der Waals surface area contributed by atoms with E-state index < -0.39 is 0 Å². The molecular formula is C14H25N3O. The molecular weight excluding hydrogens is 226 g/mol. The van der Waals surface area contributed by atoms with E-state index in [-0.39, 0.29) is 0 Å². The molecule has 0 spiro atoms. The number of likely N-dealkylation sites (N-methyl/N-ethyl adjacent to an activating group) is 1. The molecule has 3 unspecified atom stereocenters. The molecule has 2 rings (SSSR count). The fraction of sp³-hybridized carbons (Fsp3) is 0.857. The summed E-state index contributed by atoms with van der Waals surface area (Å²) >= 11 is 0. The lowest BCUT2D eigenvalue weighted by Crippen LogP contribution is -2.23. The summed E-state index contributed by atoms with van der Waals surface area (Å²) in [5.41, 5.74) is 0. The Morgan fingerprint density at radius 1 is 1.44 bits per heavy atom. The van der Waals surface area contributed by atoms with Gasteiger partial charge in [-0.3, -0.25) is 0 Å². The average molecular weight is 251 g/mol. The highest BCUT2D eigenvalue weighted by Gasteiger charge is 2.26. The summed E-state index contributed by atoms with van der Waals surface area (Å²) in [4.78, 5) is 4.57. The first kappa shape index (κ1) is 13.5. The minimum Gasteiger partial charge on any atom is -0.339 e. The number of rotatable bonds is 5. The van der Waals surface area contributed by atoms with Crippen LogP contribution < -0.4 is 5.32 Å². The second kappa shape index (κ2) is 6.32. The zero-order valence-electron chi connectivity index (χ0n) is 11.8. The van der Waals surface area contributed by atoms with E-state index in [4.69, 9.17) is 4.52 Å². The van der Waals surface area contributed by atoms with Gasteiger partial charge in [-0.1, -0.05) is 31.3 Å². The summed E-state index contributed by atoms with van der Waals surface area (Å²) in [6.07, 6.45) is 7.22. The van der Waals surface area contributed by atoms with Crippen LogP contribution in [0.3, 0.4) is 0 Å². The van der Waals surface area contributed by atoms with Gasteiger partial charge >= 0.3 is 0 Å². The van der Waals surface area contributed by atoms with E-state index in [0.717, 1.165) is 24.1 Å². The van der Waals surface area contributed by atoms with Crippen molar-refractivity contribution in [2.45, 2.75) is 64.3 Å². The molecule has 1 heterocycles. The minimum atomic E-state index is 0.382.